The van der Waals surface area contributed by atoms with Gasteiger partial charge in [0.1, 0.15) is 0 Å². The van der Waals surface area contributed by atoms with Crippen molar-refractivity contribution in [3.05, 3.63) is 152 Å². The van der Waals surface area contributed by atoms with Gasteiger partial charge in [0.25, 0.3) is 6.85 Å². The van der Waals surface area contributed by atoms with E-state index in [1.807, 2.05) is 23.5 Å². The SMILES string of the molecule is [Pd].[c-]1c(N2C=CN(c3ccccc3)[CH-]2)ccc2c1B1c3[c-]c(N4C=CN[N-]4)ccc3-c3ccccc3N1c1ccccc1-2. The Hall–Kier alpha value is -4.73. The van der Waals surface area contributed by atoms with E-state index in [0.717, 1.165) is 28.0 Å². The predicted octanol–water partition coefficient (Wildman–Crippen LogP) is 6.19. The first-order valence-corrected chi connectivity index (χ1v) is 14.0. The molecular formula is C35H23BN6Pd-4. The van der Waals surface area contributed by atoms with E-state index in [1.54, 1.807) is 0 Å². The summed E-state index contributed by atoms with van der Waals surface area (Å²) in [5, 5.41) is 1.82. The molecule has 5 aromatic carbocycles. The summed E-state index contributed by atoms with van der Waals surface area (Å²) in [7, 11) is 0. The minimum Gasteiger partial charge on any atom is -0.500 e. The molecule has 9 rings (SSSR count). The predicted molar refractivity (Wildman–Crippen MR) is 172 cm³/mol. The van der Waals surface area contributed by atoms with Gasteiger partial charge in [0.2, 0.25) is 0 Å². The first-order valence-electron chi connectivity index (χ1n) is 14.0. The van der Waals surface area contributed by atoms with E-state index in [4.69, 9.17) is 0 Å². The van der Waals surface area contributed by atoms with Crippen LogP contribution < -0.4 is 36.0 Å². The second-order valence-corrected chi connectivity index (χ2v) is 10.6. The van der Waals surface area contributed by atoms with E-state index in [1.165, 1.54) is 33.6 Å². The monoisotopic (exact) mass is 644 g/mol. The van der Waals surface area contributed by atoms with Gasteiger partial charge in [-0.2, -0.15) is 35.2 Å². The van der Waals surface area contributed by atoms with Crippen LogP contribution in [0.25, 0.3) is 27.8 Å². The molecule has 8 heteroatoms. The molecule has 0 aromatic heterocycles. The quantitative estimate of drug-likeness (QED) is 0.187. The third-order valence-corrected chi connectivity index (χ3v) is 8.31. The van der Waals surface area contributed by atoms with Crippen molar-refractivity contribution in [1.29, 1.82) is 0 Å². The molecule has 210 valence electrons. The maximum Gasteiger partial charge on any atom is 0.278 e. The molecule has 4 aliphatic heterocycles. The van der Waals surface area contributed by atoms with Crippen molar-refractivity contribution in [2.24, 2.45) is 0 Å². The van der Waals surface area contributed by atoms with Crippen molar-refractivity contribution in [2.45, 2.75) is 0 Å². The van der Waals surface area contributed by atoms with Crippen LogP contribution in [0.4, 0.5) is 28.4 Å². The van der Waals surface area contributed by atoms with E-state index >= 15 is 0 Å². The van der Waals surface area contributed by atoms with Gasteiger partial charge < -0.3 is 30.6 Å². The molecule has 6 nitrogen and oxygen atoms in total. The average molecular weight is 645 g/mol. The molecule has 4 aliphatic rings. The number of hydrogen-bond donors (Lipinski definition) is 1. The first kappa shape index (κ1) is 25.9. The molecule has 0 fully saturated rings. The summed E-state index contributed by atoms with van der Waals surface area (Å²) < 4.78 is 0. The van der Waals surface area contributed by atoms with Crippen molar-refractivity contribution >= 4 is 46.2 Å². The number of nitrogens with one attached hydrogen (secondary N) is 1. The Morgan fingerprint density at radius 1 is 0.605 bits per heavy atom. The van der Waals surface area contributed by atoms with Gasteiger partial charge in [-0.15, -0.1) is 35.6 Å². The molecule has 0 saturated heterocycles. The minimum absolute atomic E-state index is 0. The molecule has 0 saturated carbocycles. The van der Waals surface area contributed by atoms with Gasteiger partial charge in [-0.05, 0) is 42.9 Å². The minimum atomic E-state index is -0.115. The van der Waals surface area contributed by atoms with Crippen molar-refractivity contribution in [3.63, 3.8) is 0 Å². The standard InChI is InChI=1S/C35H23BN6.Pd/c1-2-8-25(9-3-1)39-20-21-40(24-39)26-14-16-28-30-10-4-6-12-34(30)42-35-13-7-5-11-31(35)29-17-15-27(41-19-18-37-38-41)23-33(29)36(42)32(28)22-26;/h1-21,24,37H;/q-4;. The van der Waals surface area contributed by atoms with Crippen LogP contribution in [-0.2, 0) is 20.4 Å². The third-order valence-electron chi connectivity index (χ3n) is 8.31. The van der Waals surface area contributed by atoms with Gasteiger partial charge in [0.15, 0.2) is 0 Å². The maximum atomic E-state index is 4.38. The van der Waals surface area contributed by atoms with Crippen molar-refractivity contribution in [1.82, 2.24) is 5.43 Å². The fourth-order valence-corrected chi connectivity index (χ4v) is 6.43. The van der Waals surface area contributed by atoms with Crippen LogP contribution in [0.15, 0.2) is 128 Å². The van der Waals surface area contributed by atoms with Gasteiger partial charge in [-0.25, -0.2) is 0 Å². The van der Waals surface area contributed by atoms with Crippen molar-refractivity contribution < 1.29 is 20.4 Å². The van der Waals surface area contributed by atoms with Crippen molar-refractivity contribution in [3.8, 4) is 22.3 Å². The zero-order valence-corrected chi connectivity index (χ0v) is 24.4. The zero-order valence-electron chi connectivity index (χ0n) is 22.8. The summed E-state index contributed by atoms with van der Waals surface area (Å²) in [5.41, 5.74) is 19.7. The molecule has 0 aliphatic carbocycles. The van der Waals surface area contributed by atoms with E-state index in [9.17, 15) is 0 Å². The van der Waals surface area contributed by atoms with E-state index in [0.29, 0.717) is 0 Å². The number of para-hydroxylation sites is 3. The molecule has 1 N–H and O–H groups in total. The summed E-state index contributed by atoms with van der Waals surface area (Å²) in [4.78, 5) is 6.72. The van der Waals surface area contributed by atoms with Crippen LogP contribution in [0, 0.1) is 18.8 Å². The van der Waals surface area contributed by atoms with Crippen LogP contribution in [0.3, 0.4) is 0 Å². The average Bonchev–Trinajstić information content (AvgIpc) is 3.78. The van der Waals surface area contributed by atoms with Gasteiger partial charge in [-0.3, -0.25) is 0 Å². The molecule has 0 amide bonds. The third kappa shape index (κ3) is 4.03. The molecule has 4 heterocycles. The van der Waals surface area contributed by atoms with Crippen LogP contribution in [0.2, 0.25) is 0 Å². The second-order valence-electron chi connectivity index (χ2n) is 10.6. The molecular weight excluding hydrogens is 622 g/mol. The Balaban J connectivity index is 0.00000278. The summed E-state index contributed by atoms with van der Waals surface area (Å²) in [5.74, 6) is 0. The van der Waals surface area contributed by atoms with Crippen LogP contribution >= 0.6 is 0 Å². The maximum absolute atomic E-state index is 4.38. The van der Waals surface area contributed by atoms with Gasteiger partial charge in [0, 0.05) is 43.7 Å². The molecule has 5 aromatic rings. The van der Waals surface area contributed by atoms with Crippen LogP contribution in [0.1, 0.15) is 0 Å². The zero-order chi connectivity index (χ0) is 27.6. The van der Waals surface area contributed by atoms with E-state index in [2.05, 4.69) is 154 Å². The summed E-state index contributed by atoms with van der Waals surface area (Å²) in [6.45, 7) is 1.99. The Morgan fingerprint density at radius 3 is 1.88 bits per heavy atom. The van der Waals surface area contributed by atoms with Gasteiger partial charge in [-0.1, -0.05) is 71.4 Å². The largest absolute Gasteiger partial charge is 0.500 e. The number of benzene rings is 5. The molecule has 43 heavy (non-hydrogen) atoms. The number of rotatable bonds is 3. The number of anilines is 5. The fraction of sp³-hybridized carbons (Fsp3) is 0. The number of nitrogens with zero attached hydrogens (tertiary/aromatic N) is 5. The molecule has 0 atom stereocenters. The smallest absolute Gasteiger partial charge is 0.278 e. The molecule has 0 bridgehead atoms. The fourth-order valence-electron chi connectivity index (χ4n) is 6.43. The summed E-state index contributed by atoms with van der Waals surface area (Å²) >= 11 is 0. The van der Waals surface area contributed by atoms with Crippen molar-refractivity contribution in [2.75, 3.05) is 19.6 Å². The first-order chi connectivity index (χ1) is 20.8. The summed E-state index contributed by atoms with van der Waals surface area (Å²) in [6, 6.07) is 44.1. The van der Waals surface area contributed by atoms with Crippen LogP contribution in [0.5, 0.6) is 0 Å². The Kier molecular flexibility index (Phi) is 6.16. The van der Waals surface area contributed by atoms with Crippen LogP contribution in [-0.4, -0.2) is 6.85 Å². The van der Waals surface area contributed by atoms with Gasteiger partial charge >= 0.3 is 0 Å². The Morgan fingerprint density at radius 2 is 1.21 bits per heavy atom. The number of fused-ring (bicyclic) bond motifs is 11. The second kappa shape index (κ2) is 10.2. The Labute approximate surface area is 265 Å². The topological polar surface area (TPSA) is 39.1 Å². The van der Waals surface area contributed by atoms with Gasteiger partial charge in [0.05, 0.1) is 0 Å². The number of hydrogen-bond acceptors (Lipinski definition) is 5. The Bertz CT molecular complexity index is 1930. The normalized spacial score (nSPS) is 15.3. The van der Waals surface area contributed by atoms with E-state index in [-0.39, 0.29) is 27.3 Å². The summed E-state index contributed by atoms with van der Waals surface area (Å²) in [6.07, 6.45) is 7.90. The molecule has 0 unspecified atom stereocenters. The van der Waals surface area contributed by atoms with E-state index < -0.39 is 0 Å². The molecule has 0 radical (unpaired) electrons. The molecule has 0 spiro atoms.